The van der Waals surface area contributed by atoms with E-state index in [9.17, 15) is 4.79 Å². The number of hydrogen-bond acceptors (Lipinski definition) is 2. The van der Waals surface area contributed by atoms with Crippen molar-refractivity contribution in [3.8, 4) is 0 Å². The Hall–Kier alpha value is -0.0500. The third-order valence-electron chi connectivity index (χ3n) is 4.73. The summed E-state index contributed by atoms with van der Waals surface area (Å²) < 4.78 is 5.72. The number of fused-ring (bicyclic) bond motifs is 1. The van der Waals surface area contributed by atoms with Gasteiger partial charge in [0.1, 0.15) is 5.78 Å². The maximum Gasteiger partial charge on any atom is 0.143 e. The molecule has 4 fully saturated rings. The zero-order chi connectivity index (χ0) is 10.4. The Balaban J connectivity index is 1.94. The van der Waals surface area contributed by atoms with Crippen LogP contribution < -0.4 is 0 Å². The highest BCUT2D eigenvalue weighted by molar-refractivity contribution is 6.38. The Morgan fingerprint density at radius 1 is 1.53 bits per heavy atom. The van der Waals surface area contributed by atoms with E-state index in [-0.39, 0.29) is 34.6 Å². The second kappa shape index (κ2) is 2.44. The molecule has 6 unspecified atom stereocenters. The zero-order valence-corrected chi connectivity index (χ0v) is 9.46. The van der Waals surface area contributed by atoms with Gasteiger partial charge in [-0.05, 0) is 6.42 Å². The first kappa shape index (κ1) is 9.03. The van der Waals surface area contributed by atoms with Crippen molar-refractivity contribution in [1.29, 1.82) is 0 Å². The quantitative estimate of drug-likeness (QED) is 0.610. The van der Waals surface area contributed by atoms with Gasteiger partial charge >= 0.3 is 0 Å². The number of hydrogen-bond donors (Lipinski definition) is 0. The molecular weight excluding hydrogens is 235 g/mol. The molecule has 2 saturated carbocycles. The Morgan fingerprint density at radius 3 is 3.07 bits per heavy atom. The third kappa shape index (κ3) is 0.767. The predicted molar refractivity (Wildman–Crippen MR) is 55.8 cm³/mol. The fourth-order valence-corrected chi connectivity index (χ4v) is 4.98. The molecule has 3 aliphatic carbocycles. The van der Waals surface area contributed by atoms with Crippen LogP contribution in [0, 0.1) is 23.2 Å². The SMILES string of the molecule is O=C1C2C3CC1C1(C=C(Cl)C(Cl)C21)CO3. The van der Waals surface area contributed by atoms with E-state index in [2.05, 4.69) is 0 Å². The van der Waals surface area contributed by atoms with Gasteiger partial charge in [-0.3, -0.25) is 4.79 Å². The van der Waals surface area contributed by atoms with Crippen molar-refractivity contribution < 1.29 is 9.53 Å². The number of halogens is 2. The number of alkyl halides is 1. The van der Waals surface area contributed by atoms with Crippen molar-refractivity contribution in [2.24, 2.45) is 23.2 Å². The van der Waals surface area contributed by atoms with Gasteiger partial charge in [0.05, 0.1) is 18.1 Å². The summed E-state index contributed by atoms with van der Waals surface area (Å²) in [4.78, 5) is 12.1. The van der Waals surface area contributed by atoms with Crippen LogP contribution in [0.5, 0.6) is 0 Å². The molecule has 6 atom stereocenters. The molecule has 2 aliphatic heterocycles. The van der Waals surface area contributed by atoms with Gasteiger partial charge in [0.25, 0.3) is 0 Å². The summed E-state index contributed by atoms with van der Waals surface area (Å²) in [5.41, 5.74) is -0.153. The van der Waals surface area contributed by atoms with Crippen LogP contribution in [0.2, 0.25) is 0 Å². The number of ether oxygens (including phenoxy) is 1. The molecule has 0 amide bonds. The maximum atomic E-state index is 12.1. The minimum absolute atomic E-state index is 0.0127. The van der Waals surface area contributed by atoms with Crippen molar-refractivity contribution >= 4 is 29.0 Å². The molecule has 0 aromatic heterocycles. The van der Waals surface area contributed by atoms with Crippen molar-refractivity contribution in [2.45, 2.75) is 17.9 Å². The van der Waals surface area contributed by atoms with Gasteiger partial charge in [0.2, 0.25) is 0 Å². The van der Waals surface area contributed by atoms with Gasteiger partial charge in [0.15, 0.2) is 0 Å². The Labute approximate surface area is 97.6 Å². The minimum Gasteiger partial charge on any atom is -0.376 e. The first-order chi connectivity index (χ1) is 7.15. The van der Waals surface area contributed by atoms with Crippen molar-refractivity contribution in [3.63, 3.8) is 0 Å². The molecule has 5 aliphatic rings. The molecule has 4 bridgehead atoms. The summed E-state index contributed by atoms with van der Waals surface area (Å²) in [5, 5.41) is 0.549. The first-order valence-corrected chi connectivity index (χ1v) is 6.14. The van der Waals surface area contributed by atoms with Crippen LogP contribution in [0.15, 0.2) is 11.1 Å². The Kier molecular flexibility index (Phi) is 1.47. The maximum absolute atomic E-state index is 12.1. The monoisotopic (exact) mass is 244 g/mol. The molecule has 80 valence electrons. The molecule has 0 aromatic rings. The number of ketones is 1. The Bertz CT molecular complexity index is 405. The standard InChI is InChI=1S/C11H10Cl2O2/c12-5-2-11-3-15-6-1-4(11)10(14)7(6)8(11)9(5)13/h2,4,6-9H,1,3H2. The number of carbonyl (C=O) groups excluding carboxylic acids is 1. The molecule has 4 heteroatoms. The van der Waals surface area contributed by atoms with E-state index >= 15 is 0 Å². The summed E-state index contributed by atoms with van der Waals surface area (Å²) in [7, 11) is 0. The molecule has 2 nitrogen and oxygen atoms in total. The molecule has 2 heterocycles. The average molecular weight is 245 g/mol. The van der Waals surface area contributed by atoms with Crippen molar-refractivity contribution in [1.82, 2.24) is 0 Å². The van der Waals surface area contributed by atoms with Gasteiger partial charge in [0, 0.05) is 28.2 Å². The van der Waals surface area contributed by atoms with Crippen LogP contribution in [0.3, 0.4) is 0 Å². The normalized spacial score (nSPS) is 60.0. The zero-order valence-electron chi connectivity index (χ0n) is 7.95. The van der Waals surface area contributed by atoms with E-state index in [0.29, 0.717) is 12.4 Å². The lowest BCUT2D eigenvalue weighted by molar-refractivity contribution is -0.131. The van der Waals surface area contributed by atoms with Crippen molar-refractivity contribution in [2.75, 3.05) is 6.61 Å². The first-order valence-electron chi connectivity index (χ1n) is 5.33. The molecule has 5 rings (SSSR count). The van der Waals surface area contributed by atoms with Crippen LogP contribution >= 0.6 is 23.2 Å². The smallest absolute Gasteiger partial charge is 0.143 e. The van der Waals surface area contributed by atoms with Crippen molar-refractivity contribution in [3.05, 3.63) is 11.1 Å². The van der Waals surface area contributed by atoms with Gasteiger partial charge in [-0.1, -0.05) is 17.7 Å². The van der Waals surface area contributed by atoms with Gasteiger partial charge < -0.3 is 4.74 Å². The van der Waals surface area contributed by atoms with Crippen LogP contribution in [0.4, 0.5) is 0 Å². The van der Waals surface area contributed by atoms with E-state index < -0.39 is 0 Å². The Morgan fingerprint density at radius 2 is 2.33 bits per heavy atom. The highest BCUT2D eigenvalue weighted by Gasteiger charge is 2.73. The molecule has 0 aromatic carbocycles. The molecule has 0 radical (unpaired) electrons. The van der Waals surface area contributed by atoms with Gasteiger partial charge in [-0.25, -0.2) is 0 Å². The van der Waals surface area contributed by atoms with E-state index in [1.54, 1.807) is 0 Å². The molecule has 0 N–H and O–H groups in total. The number of allylic oxidation sites excluding steroid dienone is 1. The summed E-state index contributed by atoms with van der Waals surface area (Å²) in [6.45, 7) is 0.634. The molecule has 2 saturated heterocycles. The fraction of sp³-hybridized carbons (Fsp3) is 0.727. The lowest BCUT2D eigenvalue weighted by Crippen LogP contribution is -2.50. The van der Waals surface area contributed by atoms with E-state index in [0.717, 1.165) is 11.5 Å². The second-order valence-electron chi connectivity index (χ2n) is 5.14. The van der Waals surface area contributed by atoms with E-state index in [1.807, 2.05) is 6.08 Å². The predicted octanol–water partition coefficient (Wildman–Crippen LogP) is 1.95. The summed E-state index contributed by atoms with van der Waals surface area (Å²) in [5.74, 6) is 0.715. The van der Waals surface area contributed by atoms with Crippen LogP contribution in [0.1, 0.15) is 6.42 Å². The highest BCUT2D eigenvalue weighted by Crippen LogP contribution is 2.68. The van der Waals surface area contributed by atoms with Gasteiger partial charge in [-0.15, -0.1) is 11.6 Å². The second-order valence-corrected chi connectivity index (χ2v) is 6.04. The lowest BCUT2D eigenvalue weighted by Gasteiger charge is -2.46. The summed E-state index contributed by atoms with van der Waals surface area (Å²) >= 11 is 12.4. The summed E-state index contributed by atoms with van der Waals surface area (Å²) in [6, 6.07) is 0. The minimum atomic E-state index is -0.169. The van der Waals surface area contributed by atoms with E-state index in [4.69, 9.17) is 27.9 Å². The summed E-state index contributed by atoms with van der Waals surface area (Å²) in [6.07, 6.45) is 3.01. The molecule has 15 heavy (non-hydrogen) atoms. The van der Waals surface area contributed by atoms with Gasteiger partial charge in [-0.2, -0.15) is 0 Å². The topological polar surface area (TPSA) is 26.3 Å². The number of rotatable bonds is 0. The van der Waals surface area contributed by atoms with Crippen LogP contribution in [-0.4, -0.2) is 23.9 Å². The largest absolute Gasteiger partial charge is 0.376 e. The fourth-order valence-electron chi connectivity index (χ4n) is 4.19. The number of Topliss-reactive ketones (excluding diaryl/α,β-unsaturated/α-hetero) is 1. The third-order valence-corrected chi connectivity index (χ3v) is 5.69. The molecule has 1 spiro atoms. The van der Waals surface area contributed by atoms with Crippen LogP contribution in [-0.2, 0) is 9.53 Å². The van der Waals surface area contributed by atoms with E-state index in [1.165, 1.54) is 0 Å². The highest BCUT2D eigenvalue weighted by atomic mass is 35.5. The average Bonchev–Trinajstić information content (AvgIpc) is 2.73. The lowest BCUT2D eigenvalue weighted by atomic mass is 9.65. The molecular formula is C11H10Cl2O2. The number of carbonyl (C=O) groups is 1. The van der Waals surface area contributed by atoms with Crippen LogP contribution in [0.25, 0.3) is 0 Å².